The van der Waals surface area contributed by atoms with Crippen LogP contribution in [-0.2, 0) is 9.59 Å². The Morgan fingerprint density at radius 3 is 2.70 bits per heavy atom. The van der Waals surface area contributed by atoms with Crippen molar-refractivity contribution >= 4 is 17.5 Å². The average Bonchev–Trinajstić information content (AvgIpc) is 2.54. The van der Waals surface area contributed by atoms with Crippen LogP contribution in [0.15, 0.2) is 18.2 Å². The minimum Gasteiger partial charge on any atom is -0.482 e. The zero-order chi connectivity index (χ0) is 17.0. The van der Waals surface area contributed by atoms with E-state index in [4.69, 9.17) is 4.74 Å². The molecule has 1 aliphatic rings. The number of hydrogen-bond donors (Lipinski definition) is 2. The Labute approximate surface area is 137 Å². The van der Waals surface area contributed by atoms with Crippen LogP contribution < -0.4 is 15.4 Å². The molecule has 126 valence electrons. The standard InChI is InChI=1S/C17H25N3O3/c1-5-20(6-2)17(22)12(4)18-11(3)13-7-8-15-14(9-13)19-16(21)10-23-15/h7-9,11-12,18H,5-6,10H2,1-4H3,(H,19,21)/t11-,12+/m0/s1. The van der Waals surface area contributed by atoms with Gasteiger partial charge in [0.15, 0.2) is 6.61 Å². The summed E-state index contributed by atoms with van der Waals surface area (Å²) in [6.07, 6.45) is 0. The van der Waals surface area contributed by atoms with E-state index in [0.717, 1.165) is 5.56 Å². The number of hydrogen-bond acceptors (Lipinski definition) is 4. The molecule has 0 unspecified atom stereocenters. The van der Waals surface area contributed by atoms with E-state index in [1.54, 1.807) is 0 Å². The largest absolute Gasteiger partial charge is 0.482 e. The normalized spacial score (nSPS) is 15.9. The van der Waals surface area contributed by atoms with Crippen LogP contribution in [0.1, 0.15) is 39.3 Å². The smallest absolute Gasteiger partial charge is 0.262 e. The predicted molar refractivity (Wildman–Crippen MR) is 89.5 cm³/mol. The maximum atomic E-state index is 12.3. The minimum absolute atomic E-state index is 0.0198. The van der Waals surface area contributed by atoms with Crippen molar-refractivity contribution in [1.29, 1.82) is 0 Å². The molecular formula is C17H25N3O3. The van der Waals surface area contributed by atoms with Gasteiger partial charge in [-0.1, -0.05) is 6.07 Å². The van der Waals surface area contributed by atoms with Crippen LogP contribution in [0, 0.1) is 0 Å². The fourth-order valence-corrected chi connectivity index (χ4v) is 2.72. The third-order valence-corrected chi connectivity index (χ3v) is 4.08. The summed E-state index contributed by atoms with van der Waals surface area (Å²) < 4.78 is 5.36. The van der Waals surface area contributed by atoms with E-state index in [1.165, 1.54) is 0 Å². The zero-order valence-electron chi connectivity index (χ0n) is 14.2. The number of fused-ring (bicyclic) bond motifs is 1. The Kier molecular flexibility index (Phi) is 5.60. The molecule has 0 saturated carbocycles. The highest BCUT2D eigenvalue weighted by Crippen LogP contribution is 2.30. The van der Waals surface area contributed by atoms with Crippen molar-refractivity contribution in [2.45, 2.75) is 39.8 Å². The molecule has 0 aromatic heterocycles. The third kappa shape index (κ3) is 4.01. The average molecular weight is 319 g/mol. The van der Waals surface area contributed by atoms with Gasteiger partial charge in [-0.3, -0.25) is 14.9 Å². The summed E-state index contributed by atoms with van der Waals surface area (Å²) in [6, 6.07) is 5.39. The number of carbonyl (C=O) groups is 2. The van der Waals surface area contributed by atoms with E-state index in [1.807, 2.05) is 50.8 Å². The van der Waals surface area contributed by atoms with Gasteiger partial charge in [0, 0.05) is 19.1 Å². The molecule has 0 fully saturated rings. The molecule has 0 spiro atoms. The molecule has 2 atom stereocenters. The Balaban J connectivity index is 2.06. The molecule has 0 aliphatic carbocycles. The first-order valence-electron chi connectivity index (χ1n) is 8.07. The van der Waals surface area contributed by atoms with Gasteiger partial charge in [0.1, 0.15) is 5.75 Å². The van der Waals surface area contributed by atoms with E-state index in [-0.39, 0.29) is 30.5 Å². The summed E-state index contributed by atoms with van der Waals surface area (Å²) in [5, 5.41) is 6.12. The van der Waals surface area contributed by atoms with Crippen molar-refractivity contribution in [2.24, 2.45) is 0 Å². The van der Waals surface area contributed by atoms with Gasteiger partial charge >= 0.3 is 0 Å². The van der Waals surface area contributed by atoms with Crippen LogP contribution in [-0.4, -0.2) is 42.5 Å². The minimum atomic E-state index is -0.272. The van der Waals surface area contributed by atoms with Crippen LogP contribution in [0.5, 0.6) is 5.75 Å². The van der Waals surface area contributed by atoms with Crippen molar-refractivity contribution in [1.82, 2.24) is 10.2 Å². The molecule has 2 rings (SSSR count). The van der Waals surface area contributed by atoms with Gasteiger partial charge in [-0.05, 0) is 45.4 Å². The quantitative estimate of drug-likeness (QED) is 0.840. The monoisotopic (exact) mass is 319 g/mol. The molecule has 2 N–H and O–H groups in total. The summed E-state index contributed by atoms with van der Waals surface area (Å²) in [4.78, 5) is 25.6. The first kappa shape index (κ1) is 17.3. The molecule has 6 heteroatoms. The Morgan fingerprint density at radius 2 is 2.04 bits per heavy atom. The number of likely N-dealkylation sites (N-methyl/N-ethyl adjacent to an activating group) is 1. The van der Waals surface area contributed by atoms with Crippen LogP contribution in [0.4, 0.5) is 5.69 Å². The number of nitrogens with one attached hydrogen (secondary N) is 2. The Morgan fingerprint density at radius 1 is 1.35 bits per heavy atom. The second-order valence-corrected chi connectivity index (χ2v) is 5.71. The van der Waals surface area contributed by atoms with Crippen LogP contribution in [0.25, 0.3) is 0 Å². The maximum Gasteiger partial charge on any atom is 0.262 e. The van der Waals surface area contributed by atoms with Gasteiger partial charge < -0.3 is 15.0 Å². The van der Waals surface area contributed by atoms with E-state index in [0.29, 0.717) is 24.5 Å². The van der Waals surface area contributed by atoms with Crippen molar-refractivity contribution in [3.8, 4) is 5.75 Å². The van der Waals surface area contributed by atoms with E-state index in [2.05, 4.69) is 10.6 Å². The highest BCUT2D eigenvalue weighted by Gasteiger charge is 2.22. The maximum absolute atomic E-state index is 12.3. The lowest BCUT2D eigenvalue weighted by atomic mass is 10.1. The fraction of sp³-hybridized carbons (Fsp3) is 0.529. The second-order valence-electron chi connectivity index (χ2n) is 5.71. The molecule has 0 bridgehead atoms. The predicted octanol–water partition coefficient (Wildman–Crippen LogP) is 1.92. The van der Waals surface area contributed by atoms with Gasteiger partial charge in [0.2, 0.25) is 5.91 Å². The van der Waals surface area contributed by atoms with E-state index >= 15 is 0 Å². The molecule has 1 aromatic carbocycles. The number of nitrogens with zero attached hydrogens (tertiary/aromatic N) is 1. The number of carbonyl (C=O) groups excluding carboxylic acids is 2. The molecule has 6 nitrogen and oxygen atoms in total. The fourth-order valence-electron chi connectivity index (χ4n) is 2.72. The first-order valence-corrected chi connectivity index (χ1v) is 8.07. The zero-order valence-corrected chi connectivity index (χ0v) is 14.2. The first-order chi connectivity index (χ1) is 11.0. The van der Waals surface area contributed by atoms with Crippen molar-refractivity contribution < 1.29 is 14.3 Å². The Hall–Kier alpha value is -2.08. The van der Waals surface area contributed by atoms with Crippen LogP contribution in [0.2, 0.25) is 0 Å². The van der Waals surface area contributed by atoms with E-state index < -0.39 is 0 Å². The van der Waals surface area contributed by atoms with Gasteiger partial charge in [0.25, 0.3) is 5.91 Å². The highest BCUT2D eigenvalue weighted by molar-refractivity contribution is 5.95. The summed E-state index contributed by atoms with van der Waals surface area (Å²) >= 11 is 0. The SMILES string of the molecule is CCN(CC)C(=O)[C@@H](C)N[C@@H](C)c1ccc2c(c1)NC(=O)CO2. The number of rotatable bonds is 6. The summed E-state index contributed by atoms with van der Waals surface area (Å²) in [5.41, 5.74) is 1.67. The summed E-state index contributed by atoms with van der Waals surface area (Å²) in [6.45, 7) is 9.29. The van der Waals surface area contributed by atoms with Gasteiger partial charge in [-0.2, -0.15) is 0 Å². The molecule has 2 amide bonds. The van der Waals surface area contributed by atoms with Crippen LogP contribution >= 0.6 is 0 Å². The molecule has 0 saturated heterocycles. The lowest BCUT2D eigenvalue weighted by Gasteiger charge is -2.26. The second kappa shape index (κ2) is 7.46. The molecule has 0 radical (unpaired) electrons. The Bertz CT molecular complexity index is 584. The highest BCUT2D eigenvalue weighted by atomic mass is 16.5. The third-order valence-electron chi connectivity index (χ3n) is 4.08. The molecule has 23 heavy (non-hydrogen) atoms. The van der Waals surface area contributed by atoms with Crippen molar-refractivity contribution in [3.05, 3.63) is 23.8 Å². The number of ether oxygens (including phenoxy) is 1. The molecule has 1 aromatic rings. The topological polar surface area (TPSA) is 70.7 Å². The number of amides is 2. The summed E-state index contributed by atoms with van der Waals surface area (Å²) in [5.74, 6) is 0.615. The van der Waals surface area contributed by atoms with Crippen LogP contribution in [0.3, 0.4) is 0 Å². The van der Waals surface area contributed by atoms with Crippen molar-refractivity contribution in [3.63, 3.8) is 0 Å². The lowest BCUT2D eigenvalue weighted by Crippen LogP contribution is -2.45. The molecular weight excluding hydrogens is 294 g/mol. The number of benzene rings is 1. The van der Waals surface area contributed by atoms with Gasteiger partial charge in [-0.25, -0.2) is 0 Å². The van der Waals surface area contributed by atoms with Gasteiger partial charge in [-0.15, -0.1) is 0 Å². The van der Waals surface area contributed by atoms with Gasteiger partial charge in [0.05, 0.1) is 11.7 Å². The molecule has 1 aliphatic heterocycles. The number of anilines is 1. The van der Waals surface area contributed by atoms with Crippen molar-refractivity contribution in [2.75, 3.05) is 25.0 Å². The lowest BCUT2D eigenvalue weighted by molar-refractivity contribution is -0.132. The molecule has 1 heterocycles. The summed E-state index contributed by atoms with van der Waals surface area (Å²) in [7, 11) is 0. The van der Waals surface area contributed by atoms with E-state index in [9.17, 15) is 9.59 Å².